The van der Waals surface area contributed by atoms with Crippen molar-refractivity contribution in [1.29, 1.82) is 0 Å². The number of methoxy groups -OCH3 is 1. The van der Waals surface area contributed by atoms with E-state index in [4.69, 9.17) is 29.4 Å². The smallest absolute Gasteiger partial charge is 0.308 e. The normalized spacial score (nSPS) is 25.8. The van der Waals surface area contributed by atoms with Crippen molar-refractivity contribution in [3.63, 3.8) is 0 Å². The first kappa shape index (κ1) is 22.3. The molecule has 0 bridgehead atoms. The van der Waals surface area contributed by atoms with E-state index in [1.54, 1.807) is 13.8 Å². The maximum absolute atomic E-state index is 11.9. The summed E-state index contributed by atoms with van der Waals surface area (Å²) in [5.41, 5.74) is 6.49. The highest BCUT2D eigenvalue weighted by Crippen LogP contribution is 2.35. The van der Waals surface area contributed by atoms with E-state index in [1.807, 2.05) is 20.8 Å². The fourth-order valence-electron chi connectivity index (χ4n) is 3.09. The number of hydrogen-bond donors (Lipinski definition) is 1. The molecule has 0 aromatic carbocycles. The van der Waals surface area contributed by atoms with Gasteiger partial charge in [-0.25, -0.2) is 0 Å². The van der Waals surface area contributed by atoms with Crippen molar-refractivity contribution in [3.05, 3.63) is 0 Å². The monoisotopic (exact) mass is 361 g/mol. The Morgan fingerprint density at radius 2 is 1.80 bits per heavy atom. The van der Waals surface area contributed by atoms with Crippen molar-refractivity contribution >= 4 is 5.97 Å². The molecular formula is C18H35NO6. The maximum atomic E-state index is 11.9. The molecule has 148 valence electrons. The molecule has 0 aliphatic carbocycles. The predicted octanol–water partition coefficient (Wildman–Crippen LogP) is 2.21. The summed E-state index contributed by atoms with van der Waals surface area (Å²) in [5.74, 6) is -1.81. The van der Waals surface area contributed by atoms with Gasteiger partial charge in [-0.2, -0.15) is 0 Å². The Balaban J connectivity index is 3.00. The molecule has 1 rings (SSSR count). The van der Waals surface area contributed by atoms with Crippen molar-refractivity contribution < 1.29 is 28.5 Å². The molecule has 7 nitrogen and oxygen atoms in total. The minimum Gasteiger partial charge on any atom is -0.469 e. The largest absolute Gasteiger partial charge is 0.469 e. The van der Waals surface area contributed by atoms with Gasteiger partial charge < -0.3 is 29.4 Å². The number of carbonyl (C=O) groups excluding carboxylic acids is 1. The summed E-state index contributed by atoms with van der Waals surface area (Å²) in [6.07, 6.45) is -1.21. The number of nitrogens with two attached hydrogens (primary N) is 1. The molecule has 1 heterocycles. The van der Waals surface area contributed by atoms with Gasteiger partial charge in [0.05, 0.1) is 31.8 Å². The Kier molecular flexibility index (Phi) is 7.83. The molecule has 0 aromatic heterocycles. The van der Waals surface area contributed by atoms with Crippen molar-refractivity contribution in [1.82, 2.24) is 0 Å². The lowest BCUT2D eigenvalue weighted by molar-refractivity contribution is -0.245. The number of carbonyl (C=O) groups is 1. The second-order valence-corrected chi connectivity index (χ2v) is 7.66. The van der Waals surface area contributed by atoms with Crippen molar-refractivity contribution in [3.8, 4) is 0 Å². The second-order valence-electron chi connectivity index (χ2n) is 7.66. The highest BCUT2D eigenvalue weighted by molar-refractivity contribution is 5.69. The number of esters is 1. The Morgan fingerprint density at radius 3 is 2.28 bits per heavy atom. The summed E-state index contributed by atoms with van der Waals surface area (Å²) in [4.78, 5) is 11.9. The van der Waals surface area contributed by atoms with Crippen LogP contribution in [-0.4, -0.2) is 55.6 Å². The van der Waals surface area contributed by atoms with Gasteiger partial charge in [0.15, 0.2) is 11.6 Å². The third kappa shape index (κ3) is 6.49. The van der Waals surface area contributed by atoms with Gasteiger partial charge in [-0.3, -0.25) is 4.79 Å². The molecule has 7 heteroatoms. The Hall–Kier alpha value is -0.730. The zero-order valence-electron chi connectivity index (χ0n) is 16.8. The zero-order valence-corrected chi connectivity index (χ0v) is 16.8. The number of rotatable bonds is 9. The summed E-state index contributed by atoms with van der Waals surface area (Å²) < 4.78 is 28.5. The fraction of sp³-hybridized carbons (Fsp3) is 0.944. The molecule has 0 amide bonds. The Morgan fingerprint density at radius 1 is 1.24 bits per heavy atom. The molecule has 25 heavy (non-hydrogen) atoms. The van der Waals surface area contributed by atoms with Crippen LogP contribution in [0.1, 0.15) is 54.9 Å². The van der Waals surface area contributed by atoms with Gasteiger partial charge in [0.1, 0.15) is 6.10 Å². The molecule has 4 atom stereocenters. The lowest BCUT2D eigenvalue weighted by Crippen LogP contribution is -2.54. The highest BCUT2D eigenvalue weighted by atomic mass is 16.8. The molecule has 1 fully saturated rings. The quantitative estimate of drug-likeness (QED) is 0.497. The van der Waals surface area contributed by atoms with Gasteiger partial charge in [0.25, 0.3) is 0 Å². The first-order valence-electron chi connectivity index (χ1n) is 8.92. The van der Waals surface area contributed by atoms with Crippen LogP contribution in [0.2, 0.25) is 0 Å². The van der Waals surface area contributed by atoms with Gasteiger partial charge in [0.2, 0.25) is 0 Å². The third-order valence-corrected chi connectivity index (χ3v) is 4.15. The Bertz CT molecular complexity index is 437. The molecule has 2 N–H and O–H groups in total. The van der Waals surface area contributed by atoms with Crippen LogP contribution < -0.4 is 5.73 Å². The number of ether oxygens (including phenoxy) is 5. The predicted molar refractivity (Wildman–Crippen MR) is 93.8 cm³/mol. The second kappa shape index (κ2) is 8.77. The molecule has 1 saturated heterocycles. The van der Waals surface area contributed by atoms with Gasteiger partial charge in [-0.15, -0.1) is 0 Å². The van der Waals surface area contributed by atoms with E-state index in [-0.39, 0.29) is 18.4 Å². The van der Waals surface area contributed by atoms with Gasteiger partial charge in [0, 0.05) is 6.61 Å². The van der Waals surface area contributed by atoms with Crippen LogP contribution in [0.25, 0.3) is 0 Å². The van der Waals surface area contributed by atoms with Crippen LogP contribution in [0.5, 0.6) is 0 Å². The molecule has 2 unspecified atom stereocenters. The summed E-state index contributed by atoms with van der Waals surface area (Å²) in [6.45, 7) is 13.8. The molecule has 1 aliphatic rings. The van der Waals surface area contributed by atoms with Crippen LogP contribution in [0.15, 0.2) is 0 Å². The lowest BCUT2D eigenvalue weighted by atomic mass is 9.92. The molecule has 1 aliphatic heterocycles. The van der Waals surface area contributed by atoms with E-state index in [2.05, 4.69) is 13.8 Å². The van der Waals surface area contributed by atoms with E-state index < -0.39 is 35.8 Å². The van der Waals surface area contributed by atoms with Crippen molar-refractivity contribution in [2.24, 2.45) is 11.7 Å². The van der Waals surface area contributed by atoms with E-state index in [0.29, 0.717) is 6.61 Å². The van der Waals surface area contributed by atoms with Gasteiger partial charge >= 0.3 is 5.97 Å². The van der Waals surface area contributed by atoms with Gasteiger partial charge in [-0.05, 0) is 40.5 Å². The SMILES string of the molecule is CCOC(C)(C)O[C@H](CC(=O)OC)C(N)[C@H]1OC(C)(C)OC1C(C)C. The average molecular weight is 361 g/mol. The molecule has 0 radical (unpaired) electrons. The fourth-order valence-corrected chi connectivity index (χ4v) is 3.09. The van der Waals surface area contributed by atoms with Crippen LogP contribution in [-0.2, 0) is 28.5 Å². The first-order valence-corrected chi connectivity index (χ1v) is 8.92. The molecule has 0 spiro atoms. The standard InChI is InChI=1S/C18H35NO6/c1-9-22-17(4,5)23-12(10-13(20)21-8)14(19)16-15(11(2)3)24-18(6,7)25-16/h11-12,14-16H,9-10,19H2,1-8H3/t12-,14?,15?,16-/m1/s1. The highest BCUT2D eigenvalue weighted by Gasteiger charge is 2.48. The molecule has 0 saturated carbocycles. The topological polar surface area (TPSA) is 89.2 Å². The van der Waals surface area contributed by atoms with Crippen LogP contribution >= 0.6 is 0 Å². The lowest BCUT2D eigenvalue weighted by Gasteiger charge is -2.36. The Labute approximate surface area is 151 Å². The van der Waals surface area contributed by atoms with E-state index in [9.17, 15) is 4.79 Å². The average Bonchev–Trinajstić information content (AvgIpc) is 2.81. The summed E-state index contributed by atoms with van der Waals surface area (Å²) in [7, 11) is 1.34. The first-order chi connectivity index (χ1) is 11.4. The molecule has 0 aromatic rings. The summed E-state index contributed by atoms with van der Waals surface area (Å²) in [5, 5.41) is 0. The van der Waals surface area contributed by atoms with Crippen LogP contribution in [0.4, 0.5) is 0 Å². The summed E-state index contributed by atoms with van der Waals surface area (Å²) in [6, 6.07) is -0.576. The van der Waals surface area contributed by atoms with Crippen molar-refractivity contribution in [2.75, 3.05) is 13.7 Å². The zero-order chi connectivity index (χ0) is 19.4. The van der Waals surface area contributed by atoms with Gasteiger partial charge in [-0.1, -0.05) is 13.8 Å². The van der Waals surface area contributed by atoms with E-state index >= 15 is 0 Å². The minimum absolute atomic E-state index is 0.0132. The van der Waals surface area contributed by atoms with E-state index in [0.717, 1.165) is 0 Å². The third-order valence-electron chi connectivity index (χ3n) is 4.15. The van der Waals surface area contributed by atoms with Crippen molar-refractivity contribution in [2.45, 2.75) is 90.8 Å². The summed E-state index contributed by atoms with van der Waals surface area (Å²) >= 11 is 0. The number of hydrogen-bond acceptors (Lipinski definition) is 7. The van der Waals surface area contributed by atoms with Crippen LogP contribution in [0, 0.1) is 5.92 Å². The van der Waals surface area contributed by atoms with Crippen LogP contribution in [0.3, 0.4) is 0 Å². The maximum Gasteiger partial charge on any atom is 0.308 e. The molecular weight excluding hydrogens is 326 g/mol. The van der Waals surface area contributed by atoms with E-state index in [1.165, 1.54) is 7.11 Å². The minimum atomic E-state index is -0.882.